The summed E-state index contributed by atoms with van der Waals surface area (Å²) in [4.78, 5) is 0. The van der Waals surface area contributed by atoms with Gasteiger partial charge in [-0.25, -0.2) is 0 Å². The minimum atomic E-state index is -1.31. The largest absolute Gasteiger partial charge is 0.508 e. The second kappa shape index (κ2) is 6.53. The van der Waals surface area contributed by atoms with Gasteiger partial charge in [0.05, 0.1) is 6.07 Å². The monoisotopic (exact) mass is 343 g/mol. The molecule has 0 saturated heterocycles. The zero-order chi connectivity index (χ0) is 18.2. The van der Waals surface area contributed by atoms with E-state index in [9.17, 15) is 15.5 Å². The molecule has 1 fully saturated rings. The van der Waals surface area contributed by atoms with Gasteiger partial charge in [-0.2, -0.15) is 5.26 Å². The molecule has 1 heterocycles. The highest BCUT2D eigenvalue weighted by Crippen LogP contribution is 2.56. The molecule has 0 bridgehead atoms. The topological polar surface area (TPSA) is 73.5 Å². The number of aryl methyl sites for hydroxylation is 1. The van der Waals surface area contributed by atoms with Crippen molar-refractivity contribution in [2.24, 2.45) is 5.92 Å². The molecule has 2 aliphatic rings. The number of aromatic hydroxyl groups is 1. The first-order valence-electron chi connectivity index (χ1n) is 9.48. The van der Waals surface area contributed by atoms with Crippen molar-refractivity contribution in [2.45, 2.75) is 82.8 Å². The molecule has 1 aromatic carbocycles. The summed E-state index contributed by atoms with van der Waals surface area (Å²) in [6.07, 6.45) is 5.90. The predicted octanol–water partition coefficient (Wildman–Crippen LogP) is 4.43. The molecule has 0 radical (unpaired) electrons. The number of phenolic OH excluding ortho intramolecular Hbond substituents is 1. The van der Waals surface area contributed by atoms with E-state index in [1.54, 1.807) is 0 Å². The molecule has 1 aliphatic carbocycles. The maximum atomic E-state index is 10.7. The van der Waals surface area contributed by atoms with E-state index in [0.29, 0.717) is 12.8 Å². The first-order chi connectivity index (χ1) is 11.8. The Morgan fingerprint density at radius 2 is 2.08 bits per heavy atom. The standard InChI is InChI=1S/C21H29NO3/c1-4-5-6-7-14-10-17(23)19-15-12-21(24,13-22)9-8-16(15)20(2,3)25-18(19)11-14/h10-11,15-16,23-24H,4-9,12H2,1-3H3/t15-,16-,21?/m1/s1. The Morgan fingerprint density at radius 1 is 1.32 bits per heavy atom. The molecule has 4 heteroatoms. The molecule has 1 aromatic rings. The van der Waals surface area contributed by atoms with Gasteiger partial charge >= 0.3 is 0 Å². The minimum absolute atomic E-state index is 0.0539. The number of benzene rings is 1. The van der Waals surface area contributed by atoms with Crippen LogP contribution in [0.5, 0.6) is 11.5 Å². The number of ether oxygens (including phenoxy) is 1. The van der Waals surface area contributed by atoms with E-state index >= 15 is 0 Å². The normalized spacial score (nSPS) is 29.9. The van der Waals surface area contributed by atoms with Gasteiger partial charge in [-0.05, 0) is 63.6 Å². The molecule has 0 amide bonds. The van der Waals surface area contributed by atoms with Gasteiger partial charge in [0.1, 0.15) is 17.1 Å². The molecule has 4 nitrogen and oxygen atoms in total. The van der Waals surface area contributed by atoms with E-state index < -0.39 is 5.60 Å². The van der Waals surface area contributed by atoms with E-state index in [4.69, 9.17) is 4.74 Å². The highest BCUT2D eigenvalue weighted by Gasteiger charge is 2.51. The Kier molecular flexibility index (Phi) is 4.72. The first kappa shape index (κ1) is 18.1. The molecule has 3 atom stereocenters. The number of fused-ring (bicyclic) bond motifs is 3. The van der Waals surface area contributed by atoms with Crippen molar-refractivity contribution in [1.29, 1.82) is 5.26 Å². The molecule has 1 saturated carbocycles. The van der Waals surface area contributed by atoms with Crippen LogP contribution in [0.3, 0.4) is 0 Å². The third kappa shape index (κ3) is 3.35. The van der Waals surface area contributed by atoms with Crippen molar-refractivity contribution in [3.05, 3.63) is 23.3 Å². The Morgan fingerprint density at radius 3 is 2.76 bits per heavy atom. The summed E-state index contributed by atoms with van der Waals surface area (Å²) < 4.78 is 6.29. The average molecular weight is 343 g/mol. The maximum absolute atomic E-state index is 10.7. The van der Waals surface area contributed by atoms with E-state index in [1.807, 2.05) is 12.1 Å². The van der Waals surface area contributed by atoms with Crippen molar-refractivity contribution in [3.63, 3.8) is 0 Å². The molecular weight excluding hydrogens is 314 g/mol. The number of hydrogen-bond donors (Lipinski definition) is 2. The fourth-order valence-corrected chi connectivity index (χ4v) is 4.65. The highest BCUT2D eigenvalue weighted by atomic mass is 16.5. The summed E-state index contributed by atoms with van der Waals surface area (Å²) in [5.41, 5.74) is 0.184. The van der Waals surface area contributed by atoms with Crippen LogP contribution in [0.15, 0.2) is 12.1 Å². The third-order valence-electron chi connectivity index (χ3n) is 6.01. The second-order valence-electron chi connectivity index (χ2n) is 8.29. The molecule has 1 unspecified atom stereocenters. The summed E-state index contributed by atoms with van der Waals surface area (Å²) in [5.74, 6) is 1.10. The van der Waals surface area contributed by atoms with Crippen molar-refractivity contribution < 1.29 is 14.9 Å². The number of nitriles is 1. The number of unbranched alkanes of at least 4 members (excludes halogenated alkanes) is 2. The molecular formula is C21H29NO3. The Labute approximate surface area is 150 Å². The molecule has 136 valence electrons. The lowest BCUT2D eigenvalue weighted by Gasteiger charge is -2.49. The SMILES string of the molecule is CCCCCc1cc(O)c2c(c1)OC(C)(C)[C@@H]1CCC(O)(C#N)C[C@@H]21. The fourth-order valence-electron chi connectivity index (χ4n) is 4.65. The third-order valence-corrected chi connectivity index (χ3v) is 6.01. The van der Waals surface area contributed by atoms with Gasteiger partial charge in [0, 0.05) is 17.4 Å². The van der Waals surface area contributed by atoms with Gasteiger partial charge in [-0.15, -0.1) is 0 Å². The average Bonchev–Trinajstić information content (AvgIpc) is 2.53. The summed E-state index contributed by atoms with van der Waals surface area (Å²) in [6, 6.07) is 5.95. The fraction of sp³-hybridized carbons (Fsp3) is 0.667. The van der Waals surface area contributed by atoms with Crippen LogP contribution in [0.4, 0.5) is 0 Å². The predicted molar refractivity (Wildman–Crippen MR) is 96.7 cm³/mol. The van der Waals surface area contributed by atoms with Crippen LogP contribution < -0.4 is 4.74 Å². The molecule has 25 heavy (non-hydrogen) atoms. The number of nitrogens with zero attached hydrogens (tertiary/aromatic N) is 1. The van der Waals surface area contributed by atoms with Crippen LogP contribution in [-0.4, -0.2) is 21.4 Å². The van der Waals surface area contributed by atoms with Crippen molar-refractivity contribution >= 4 is 0 Å². The van der Waals surface area contributed by atoms with Crippen molar-refractivity contribution in [2.75, 3.05) is 0 Å². The maximum Gasteiger partial charge on any atom is 0.151 e. The van der Waals surface area contributed by atoms with Crippen LogP contribution in [0, 0.1) is 17.2 Å². The highest BCUT2D eigenvalue weighted by molar-refractivity contribution is 5.52. The van der Waals surface area contributed by atoms with Crippen LogP contribution in [0.2, 0.25) is 0 Å². The van der Waals surface area contributed by atoms with Crippen LogP contribution in [0.1, 0.15) is 76.3 Å². The zero-order valence-corrected chi connectivity index (χ0v) is 15.5. The number of rotatable bonds is 4. The van der Waals surface area contributed by atoms with E-state index in [1.165, 1.54) is 6.42 Å². The van der Waals surface area contributed by atoms with Gasteiger partial charge in [0.15, 0.2) is 5.60 Å². The number of phenols is 1. The quantitative estimate of drug-likeness (QED) is 0.626. The Bertz CT molecular complexity index is 691. The van der Waals surface area contributed by atoms with E-state index in [-0.39, 0.29) is 23.2 Å². The second-order valence-corrected chi connectivity index (χ2v) is 8.29. The van der Waals surface area contributed by atoms with Crippen LogP contribution in [0.25, 0.3) is 0 Å². The number of aliphatic hydroxyl groups is 1. The molecule has 3 rings (SSSR count). The lowest BCUT2D eigenvalue weighted by atomic mass is 9.62. The van der Waals surface area contributed by atoms with E-state index in [0.717, 1.165) is 42.6 Å². The zero-order valence-electron chi connectivity index (χ0n) is 15.5. The molecule has 2 N–H and O–H groups in total. The van der Waals surface area contributed by atoms with Crippen LogP contribution in [-0.2, 0) is 6.42 Å². The summed E-state index contributed by atoms with van der Waals surface area (Å²) in [7, 11) is 0. The molecule has 0 spiro atoms. The lowest BCUT2D eigenvalue weighted by Crippen LogP contribution is -2.50. The minimum Gasteiger partial charge on any atom is -0.508 e. The van der Waals surface area contributed by atoms with Gasteiger partial charge in [-0.3, -0.25) is 0 Å². The Balaban J connectivity index is 1.98. The van der Waals surface area contributed by atoms with Crippen LogP contribution >= 0.6 is 0 Å². The summed E-state index contributed by atoms with van der Waals surface area (Å²) >= 11 is 0. The molecule has 0 aromatic heterocycles. The summed E-state index contributed by atoms with van der Waals surface area (Å²) in [5, 5.41) is 30.6. The molecule has 1 aliphatic heterocycles. The first-order valence-corrected chi connectivity index (χ1v) is 9.48. The number of hydrogen-bond acceptors (Lipinski definition) is 4. The van der Waals surface area contributed by atoms with Gasteiger partial charge in [0.2, 0.25) is 0 Å². The smallest absolute Gasteiger partial charge is 0.151 e. The van der Waals surface area contributed by atoms with E-state index in [2.05, 4.69) is 26.8 Å². The van der Waals surface area contributed by atoms with Gasteiger partial charge in [-0.1, -0.05) is 19.8 Å². The Hall–Kier alpha value is -1.73. The van der Waals surface area contributed by atoms with Gasteiger partial charge < -0.3 is 14.9 Å². The van der Waals surface area contributed by atoms with Crippen molar-refractivity contribution in [3.8, 4) is 17.6 Å². The van der Waals surface area contributed by atoms with Crippen molar-refractivity contribution in [1.82, 2.24) is 0 Å². The van der Waals surface area contributed by atoms with Gasteiger partial charge in [0.25, 0.3) is 0 Å². The lowest BCUT2D eigenvalue weighted by molar-refractivity contribution is -0.0517. The summed E-state index contributed by atoms with van der Waals surface area (Å²) in [6.45, 7) is 6.33.